The fourth-order valence-electron chi connectivity index (χ4n) is 6.42. The van der Waals surface area contributed by atoms with E-state index in [1.165, 1.54) is 103 Å². The molecule has 0 aliphatic carbocycles. The summed E-state index contributed by atoms with van der Waals surface area (Å²) in [6.07, 6.45) is 26.5. The van der Waals surface area contributed by atoms with Crippen molar-refractivity contribution in [1.82, 2.24) is 10.6 Å². The third-order valence-electron chi connectivity index (χ3n) is 10.2. The zero-order valence-electron chi connectivity index (χ0n) is 35.6. The van der Waals surface area contributed by atoms with Crippen LogP contribution in [0.2, 0.25) is 0 Å². The maximum atomic E-state index is 12.3. The predicted octanol–water partition coefficient (Wildman–Crippen LogP) is 11.1. The molecule has 0 aliphatic heterocycles. The average Bonchev–Trinajstić information content (AvgIpc) is 3.17. The van der Waals surface area contributed by atoms with Gasteiger partial charge in [-0.15, -0.1) is 0 Å². The summed E-state index contributed by atoms with van der Waals surface area (Å²) >= 11 is 0. The smallest absolute Gasteiger partial charge is 0.251 e. The van der Waals surface area contributed by atoms with Gasteiger partial charge < -0.3 is 24.8 Å². The molecule has 0 saturated heterocycles. The van der Waals surface area contributed by atoms with E-state index in [4.69, 9.17) is 14.2 Å². The highest BCUT2D eigenvalue weighted by Crippen LogP contribution is 2.24. The summed E-state index contributed by atoms with van der Waals surface area (Å²) in [5.74, 6) is 8.31. The number of nitrogens with one attached hydrogen (secondary N) is 2. The molecule has 1 rings (SSSR count). The molecule has 0 aromatic heterocycles. The van der Waals surface area contributed by atoms with Crippen molar-refractivity contribution < 1.29 is 23.8 Å². The van der Waals surface area contributed by atoms with Crippen LogP contribution in [0.15, 0.2) is 24.3 Å². The lowest BCUT2D eigenvalue weighted by molar-refractivity contribution is -0.121. The summed E-state index contributed by atoms with van der Waals surface area (Å²) in [4.78, 5) is 24.4. The van der Waals surface area contributed by atoms with Crippen LogP contribution in [0.3, 0.4) is 0 Å². The second kappa shape index (κ2) is 36.3. The molecule has 2 atom stereocenters. The standard InChI is InChI=1S/C47H82N2O5/c1-6-7-8-9-10-11-12-13-16-19-24-42(4)43(5)25-20-17-14-15-18-21-26-46(50)48-33-22-35-52-37-39-54-40-38-53-36-23-34-49-47(51)45-31-29-44(30-32-45)28-27-41(2)3/h29-32,41-43H,6-26,33-40H2,1-5H3,(H,48,50)(H,49,51). The second-order valence-electron chi connectivity index (χ2n) is 15.7. The van der Waals surface area contributed by atoms with E-state index >= 15 is 0 Å². The van der Waals surface area contributed by atoms with Gasteiger partial charge in [-0.2, -0.15) is 0 Å². The van der Waals surface area contributed by atoms with Gasteiger partial charge in [0.2, 0.25) is 5.91 Å². The molecule has 2 amide bonds. The van der Waals surface area contributed by atoms with Crippen LogP contribution in [0.4, 0.5) is 0 Å². The van der Waals surface area contributed by atoms with Crippen LogP contribution in [0.1, 0.15) is 185 Å². The second-order valence-corrected chi connectivity index (χ2v) is 15.7. The SMILES string of the molecule is CCCCCCCCCCCCC(C)C(C)CCCCCCCCC(=O)NCCCOCCOCCOCCCNC(=O)c1ccc(C#CC(C)C)cc1. The highest BCUT2D eigenvalue weighted by molar-refractivity contribution is 5.94. The van der Waals surface area contributed by atoms with Crippen molar-refractivity contribution in [3.05, 3.63) is 35.4 Å². The predicted molar refractivity (Wildman–Crippen MR) is 227 cm³/mol. The minimum absolute atomic E-state index is 0.0881. The Morgan fingerprint density at radius 3 is 1.50 bits per heavy atom. The Morgan fingerprint density at radius 2 is 1.00 bits per heavy atom. The van der Waals surface area contributed by atoms with E-state index in [0.29, 0.717) is 70.6 Å². The zero-order valence-corrected chi connectivity index (χ0v) is 35.6. The molecule has 2 N–H and O–H groups in total. The molecule has 0 saturated carbocycles. The maximum Gasteiger partial charge on any atom is 0.251 e. The lowest BCUT2D eigenvalue weighted by Gasteiger charge is -2.19. The molecule has 0 spiro atoms. The van der Waals surface area contributed by atoms with E-state index in [0.717, 1.165) is 43.1 Å². The monoisotopic (exact) mass is 755 g/mol. The van der Waals surface area contributed by atoms with Crippen LogP contribution in [-0.2, 0) is 19.0 Å². The average molecular weight is 755 g/mol. The third kappa shape index (κ3) is 30.9. The Labute approximate surface area is 332 Å². The van der Waals surface area contributed by atoms with Gasteiger partial charge in [0.1, 0.15) is 0 Å². The Hall–Kier alpha value is -2.40. The third-order valence-corrected chi connectivity index (χ3v) is 10.2. The molecule has 310 valence electrons. The minimum atomic E-state index is -0.0881. The molecule has 7 nitrogen and oxygen atoms in total. The highest BCUT2D eigenvalue weighted by atomic mass is 16.5. The van der Waals surface area contributed by atoms with Crippen LogP contribution in [0.5, 0.6) is 0 Å². The number of ether oxygens (including phenoxy) is 3. The van der Waals surface area contributed by atoms with Crippen molar-refractivity contribution in [2.24, 2.45) is 17.8 Å². The van der Waals surface area contributed by atoms with Crippen molar-refractivity contribution in [1.29, 1.82) is 0 Å². The Balaban J connectivity index is 1.81. The first-order valence-electron chi connectivity index (χ1n) is 22.2. The molecule has 2 unspecified atom stereocenters. The largest absolute Gasteiger partial charge is 0.379 e. The Bertz CT molecular complexity index is 1080. The molecular weight excluding hydrogens is 673 g/mol. The molecule has 0 heterocycles. The lowest BCUT2D eigenvalue weighted by atomic mass is 9.86. The number of rotatable bonds is 36. The fourth-order valence-corrected chi connectivity index (χ4v) is 6.42. The number of unbranched alkanes of at least 4 members (excludes halogenated alkanes) is 14. The van der Waals surface area contributed by atoms with Crippen LogP contribution in [0.25, 0.3) is 0 Å². The van der Waals surface area contributed by atoms with Gasteiger partial charge in [0.05, 0.1) is 26.4 Å². The van der Waals surface area contributed by atoms with Crippen LogP contribution in [0, 0.1) is 29.6 Å². The first kappa shape index (κ1) is 49.6. The van der Waals surface area contributed by atoms with Crippen LogP contribution >= 0.6 is 0 Å². The van der Waals surface area contributed by atoms with Crippen molar-refractivity contribution >= 4 is 11.8 Å². The summed E-state index contributed by atoms with van der Waals surface area (Å²) in [5, 5.41) is 5.94. The molecule has 0 aliphatic rings. The molecule has 54 heavy (non-hydrogen) atoms. The Morgan fingerprint density at radius 1 is 0.556 bits per heavy atom. The maximum absolute atomic E-state index is 12.3. The number of hydrogen-bond acceptors (Lipinski definition) is 5. The topological polar surface area (TPSA) is 85.9 Å². The van der Waals surface area contributed by atoms with E-state index in [1.807, 2.05) is 12.1 Å². The van der Waals surface area contributed by atoms with Crippen molar-refractivity contribution in [2.45, 2.75) is 169 Å². The normalized spacial score (nSPS) is 12.3. The number of amides is 2. The molecule has 0 radical (unpaired) electrons. The van der Waals surface area contributed by atoms with Gasteiger partial charge >= 0.3 is 0 Å². The van der Waals surface area contributed by atoms with E-state index in [1.54, 1.807) is 12.1 Å². The summed E-state index contributed by atoms with van der Waals surface area (Å²) in [7, 11) is 0. The number of hydrogen-bond donors (Lipinski definition) is 2. The molecule has 0 bridgehead atoms. The molecule has 7 heteroatoms. The number of carbonyl (C=O) groups is 2. The first-order chi connectivity index (χ1) is 26.3. The number of carbonyl (C=O) groups excluding carboxylic acids is 2. The summed E-state index contributed by atoms with van der Waals surface area (Å²) in [6, 6.07) is 7.37. The number of benzene rings is 1. The van der Waals surface area contributed by atoms with Crippen LogP contribution in [-0.4, -0.2) is 64.5 Å². The molecule has 1 aromatic rings. The summed E-state index contributed by atoms with van der Waals surface area (Å²) in [6.45, 7) is 15.8. The minimum Gasteiger partial charge on any atom is -0.379 e. The van der Waals surface area contributed by atoms with Gasteiger partial charge in [0.15, 0.2) is 0 Å². The van der Waals surface area contributed by atoms with Crippen LogP contribution < -0.4 is 10.6 Å². The van der Waals surface area contributed by atoms with Gasteiger partial charge in [0.25, 0.3) is 5.91 Å². The summed E-state index contributed by atoms with van der Waals surface area (Å²) < 4.78 is 16.8. The van der Waals surface area contributed by atoms with Gasteiger partial charge in [-0.3, -0.25) is 9.59 Å². The summed E-state index contributed by atoms with van der Waals surface area (Å²) in [5.41, 5.74) is 1.55. The van der Waals surface area contributed by atoms with E-state index < -0.39 is 0 Å². The fraction of sp³-hybridized carbons (Fsp3) is 0.787. The van der Waals surface area contributed by atoms with Gasteiger partial charge in [-0.05, 0) is 55.4 Å². The van der Waals surface area contributed by atoms with Crippen molar-refractivity contribution in [3.8, 4) is 11.8 Å². The van der Waals surface area contributed by atoms with Gasteiger partial charge in [0, 0.05) is 49.8 Å². The van der Waals surface area contributed by atoms with E-state index in [9.17, 15) is 9.59 Å². The van der Waals surface area contributed by atoms with Crippen molar-refractivity contribution in [3.63, 3.8) is 0 Å². The molecule has 0 fully saturated rings. The van der Waals surface area contributed by atoms with Gasteiger partial charge in [-0.1, -0.05) is 156 Å². The van der Waals surface area contributed by atoms with Gasteiger partial charge in [-0.25, -0.2) is 0 Å². The molecular formula is C47H82N2O5. The van der Waals surface area contributed by atoms with E-state index in [-0.39, 0.29) is 11.8 Å². The van der Waals surface area contributed by atoms with E-state index in [2.05, 4.69) is 57.1 Å². The first-order valence-corrected chi connectivity index (χ1v) is 22.2. The highest BCUT2D eigenvalue weighted by Gasteiger charge is 2.11. The Kier molecular flexibility index (Phi) is 33.3. The molecule has 1 aromatic carbocycles. The van der Waals surface area contributed by atoms with Crippen molar-refractivity contribution in [2.75, 3.05) is 52.7 Å². The zero-order chi connectivity index (χ0) is 39.3. The quantitative estimate of drug-likeness (QED) is 0.0526. The lowest BCUT2D eigenvalue weighted by Crippen LogP contribution is -2.25.